The SMILES string of the molecule is CCCCCCC(O)CCCCCCCCC[C@@H](O)[C@H](O)C(N)(CO)CO. The maximum Gasteiger partial charge on any atom is 0.102 e. The second kappa shape index (κ2) is 16.7. The van der Waals surface area contributed by atoms with Crippen LogP contribution in [0.1, 0.15) is 96.8 Å². The zero-order valence-corrected chi connectivity index (χ0v) is 17.4. The Morgan fingerprint density at radius 2 is 1.07 bits per heavy atom. The molecule has 0 spiro atoms. The first kappa shape index (κ1) is 26.8. The minimum atomic E-state index is -1.56. The normalized spacial score (nSPS) is 15.7. The first-order chi connectivity index (χ1) is 12.9. The van der Waals surface area contributed by atoms with E-state index in [9.17, 15) is 15.3 Å². The van der Waals surface area contributed by atoms with E-state index >= 15 is 0 Å². The molecule has 6 heteroatoms. The summed E-state index contributed by atoms with van der Waals surface area (Å²) in [4.78, 5) is 0. The number of hydrogen-bond donors (Lipinski definition) is 6. The van der Waals surface area contributed by atoms with Crippen LogP contribution in [0.5, 0.6) is 0 Å². The van der Waals surface area contributed by atoms with Crippen LogP contribution in [0.15, 0.2) is 0 Å². The van der Waals surface area contributed by atoms with Crippen LogP contribution in [-0.2, 0) is 0 Å². The van der Waals surface area contributed by atoms with Crippen LogP contribution in [0.25, 0.3) is 0 Å². The molecule has 3 atom stereocenters. The van der Waals surface area contributed by atoms with Gasteiger partial charge in [-0.25, -0.2) is 0 Å². The number of hydrogen-bond acceptors (Lipinski definition) is 6. The summed E-state index contributed by atoms with van der Waals surface area (Å²) in [5, 5.41) is 48.1. The van der Waals surface area contributed by atoms with Crippen molar-refractivity contribution < 1.29 is 25.5 Å². The molecule has 0 radical (unpaired) electrons. The average Bonchev–Trinajstić information content (AvgIpc) is 2.68. The van der Waals surface area contributed by atoms with Crippen LogP contribution in [-0.4, -0.2) is 62.6 Å². The summed E-state index contributed by atoms with van der Waals surface area (Å²) in [6.07, 6.45) is 12.0. The molecule has 0 bridgehead atoms. The fraction of sp³-hybridized carbons (Fsp3) is 1.00. The summed E-state index contributed by atoms with van der Waals surface area (Å²) in [6.45, 7) is 1.05. The van der Waals surface area contributed by atoms with E-state index < -0.39 is 31.0 Å². The molecule has 6 nitrogen and oxygen atoms in total. The topological polar surface area (TPSA) is 127 Å². The highest BCUT2D eigenvalue weighted by atomic mass is 16.3. The van der Waals surface area contributed by atoms with Gasteiger partial charge in [0.2, 0.25) is 0 Å². The van der Waals surface area contributed by atoms with Crippen LogP contribution in [0.4, 0.5) is 0 Å². The van der Waals surface area contributed by atoms with E-state index in [1.165, 1.54) is 19.3 Å². The number of nitrogens with two attached hydrogens (primary N) is 1. The average molecular weight is 392 g/mol. The van der Waals surface area contributed by atoms with Crippen molar-refractivity contribution in [3.8, 4) is 0 Å². The van der Waals surface area contributed by atoms with Crippen molar-refractivity contribution in [2.45, 2.75) is 121 Å². The molecule has 0 aliphatic heterocycles. The standard InChI is InChI=1S/C21H45NO5/c1-2-3-4-10-13-18(25)14-11-8-6-5-7-9-12-15-19(26)20(27)21(22,16-23)17-24/h18-20,23-27H,2-17,22H2,1H3/t18?,19-,20+/m1/s1. The van der Waals surface area contributed by atoms with Crippen molar-refractivity contribution in [2.75, 3.05) is 13.2 Å². The Labute approximate surface area is 165 Å². The molecule has 1 unspecified atom stereocenters. The quantitative estimate of drug-likeness (QED) is 0.187. The molecule has 0 saturated carbocycles. The Morgan fingerprint density at radius 1 is 0.667 bits per heavy atom. The Balaban J connectivity index is 3.54. The van der Waals surface area contributed by atoms with Gasteiger partial charge < -0.3 is 31.3 Å². The van der Waals surface area contributed by atoms with Gasteiger partial charge in [0.05, 0.1) is 31.0 Å². The lowest BCUT2D eigenvalue weighted by molar-refractivity contribution is -0.0660. The summed E-state index contributed by atoms with van der Waals surface area (Å²) in [6, 6.07) is 0. The molecule has 0 aliphatic carbocycles. The fourth-order valence-corrected chi connectivity index (χ4v) is 3.35. The van der Waals surface area contributed by atoms with Crippen LogP contribution in [0.2, 0.25) is 0 Å². The monoisotopic (exact) mass is 391 g/mol. The lowest BCUT2D eigenvalue weighted by Crippen LogP contribution is -2.61. The molecule has 27 heavy (non-hydrogen) atoms. The van der Waals surface area contributed by atoms with Gasteiger partial charge in [0.1, 0.15) is 6.10 Å². The van der Waals surface area contributed by atoms with Gasteiger partial charge in [-0.05, 0) is 19.3 Å². The summed E-state index contributed by atoms with van der Waals surface area (Å²) in [7, 11) is 0. The molecular formula is C21H45NO5. The lowest BCUT2D eigenvalue weighted by Gasteiger charge is -2.33. The molecular weight excluding hydrogens is 346 g/mol. The van der Waals surface area contributed by atoms with Crippen LogP contribution < -0.4 is 5.73 Å². The molecule has 0 saturated heterocycles. The summed E-state index contributed by atoms with van der Waals surface area (Å²) in [5.41, 5.74) is 4.12. The molecule has 0 aromatic rings. The zero-order valence-electron chi connectivity index (χ0n) is 17.4. The van der Waals surface area contributed by atoms with Gasteiger partial charge in [-0.1, -0.05) is 77.6 Å². The molecule has 7 N–H and O–H groups in total. The van der Waals surface area contributed by atoms with Crippen molar-refractivity contribution in [3.05, 3.63) is 0 Å². The highest BCUT2D eigenvalue weighted by molar-refractivity contribution is 4.94. The van der Waals surface area contributed by atoms with Gasteiger partial charge in [0.15, 0.2) is 0 Å². The second-order valence-corrected chi connectivity index (χ2v) is 8.12. The van der Waals surface area contributed by atoms with E-state index in [-0.39, 0.29) is 6.10 Å². The van der Waals surface area contributed by atoms with E-state index in [1.54, 1.807) is 0 Å². The molecule has 0 aliphatic rings. The molecule has 0 aromatic carbocycles. The summed E-state index contributed by atoms with van der Waals surface area (Å²) in [5.74, 6) is 0. The maximum atomic E-state index is 9.96. The molecule has 0 amide bonds. The van der Waals surface area contributed by atoms with E-state index in [4.69, 9.17) is 15.9 Å². The van der Waals surface area contributed by atoms with Gasteiger partial charge in [0, 0.05) is 0 Å². The van der Waals surface area contributed by atoms with Crippen molar-refractivity contribution >= 4 is 0 Å². The van der Waals surface area contributed by atoms with Crippen molar-refractivity contribution in [1.82, 2.24) is 0 Å². The highest BCUT2D eigenvalue weighted by Crippen LogP contribution is 2.17. The first-order valence-electron chi connectivity index (χ1n) is 11.0. The Bertz CT molecular complexity index is 326. The Morgan fingerprint density at radius 3 is 1.52 bits per heavy atom. The summed E-state index contributed by atoms with van der Waals surface area (Å²) >= 11 is 0. The molecule has 0 heterocycles. The predicted octanol–water partition coefficient (Wildman–Crippen LogP) is 2.23. The van der Waals surface area contributed by atoms with Gasteiger partial charge >= 0.3 is 0 Å². The largest absolute Gasteiger partial charge is 0.394 e. The second-order valence-electron chi connectivity index (χ2n) is 8.12. The number of aliphatic hydroxyl groups is 5. The van der Waals surface area contributed by atoms with Gasteiger partial charge in [-0.2, -0.15) is 0 Å². The molecule has 0 fully saturated rings. The minimum absolute atomic E-state index is 0.137. The van der Waals surface area contributed by atoms with E-state index in [1.807, 2.05) is 0 Å². The van der Waals surface area contributed by atoms with Gasteiger partial charge in [0.25, 0.3) is 0 Å². The van der Waals surface area contributed by atoms with Crippen LogP contribution in [0, 0.1) is 0 Å². The third-order valence-corrected chi connectivity index (χ3v) is 5.47. The highest BCUT2D eigenvalue weighted by Gasteiger charge is 2.37. The predicted molar refractivity (Wildman–Crippen MR) is 109 cm³/mol. The van der Waals surface area contributed by atoms with Crippen LogP contribution >= 0.6 is 0 Å². The van der Waals surface area contributed by atoms with Crippen molar-refractivity contribution in [2.24, 2.45) is 5.73 Å². The number of rotatable bonds is 19. The number of aliphatic hydroxyl groups excluding tert-OH is 5. The van der Waals surface area contributed by atoms with Crippen molar-refractivity contribution in [1.29, 1.82) is 0 Å². The molecule has 0 rings (SSSR count). The Kier molecular flexibility index (Phi) is 16.5. The van der Waals surface area contributed by atoms with Gasteiger partial charge in [-0.15, -0.1) is 0 Å². The van der Waals surface area contributed by atoms with E-state index in [0.717, 1.165) is 64.2 Å². The Hall–Kier alpha value is -0.240. The van der Waals surface area contributed by atoms with Crippen molar-refractivity contribution in [3.63, 3.8) is 0 Å². The zero-order chi connectivity index (χ0) is 20.5. The van der Waals surface area contributed by atoms with Crippen LogP contribution in [0.3, 0.4) is 0 Å². The molecule has 0 aromatic heterocycles. The smallest absolute Gasteiger partial charge is 0.102 e. The lowest BCUT2D eigenvalue weighted by atomic mass is 9.89. The maximum absolute atomic E-state index is 9.96. The van der Waals surface area contributed by atoms with E-state index in [2.05, 4.69) is 6.92 Å². The van der Waals surface area contributed by atoms with Gasteiger partial charge in [-0.3, -0.25) is 0 Å². The first-order valence-corrected chi connectivity index (χ1v) is 11.0. The molecule has 164 valence electrons. The minimum Gasteiger partial charge on any atom is -0.394 e. The fourth-order valence-electron chi connectivity index (χ4n) is 3.35. The third kappa shape index (κ3) is 12.8. The third-order valence-electron chi connectivity index (χ3n) is 5.47. The van der Waals surface area contributed by atoms with E-state index in [0.29, 0.717) is 6.42 Å². The summed E-state index contributed by atoms with van der Waals surface area (Å²) < 4.78 is 0. The number of unbranched alkanes of at least 4 members (excludes halogenated alkanes) is 9.